The van der Waals surface area contributed by atoms with E-state index in [0.29, 0.717) is 12.6 Å². The van der Waals surface area contributed by atoms with Crippen molar-refractivity contribution in [1.82, 2.24) is 9.88 Å². The molecule has 0 spiro atoms. The average Bonchev–Trinajstić information content (AvgIpc) is 2.75. The molecule has 19 heavy (non-hydrogen) atoms. The predicted octanol–water partition coefficient (Wildman–Crippen LogP) is 2.17. The molecule has 0 fully saturated rings. The van der Waals surface area contributed by atoms with E-state index in [0.717, 1.165) is 6.42 Å². The number of hydrogen-bond acceptors (Lipinski definition) is 2. The van der Waals surface area contributed by atoms with Crippen LogP contribution in [0.3, 0.4) is 0 Å². The third-order valence-corrected chi connectivity index (χ3v) is 4.44. The van der Waals surface area contributed by atoms with Gasteiger partial charge < -0.3 is 10.1 Å². The second-order valence-corrected chi connectivity index (χ2v) is 6.13. The third kappa shape index (κ3) is 1.52. The summed E-state index contributed by atoms with van der Waals surface area (Å²) in [5, 5.41) is 11.7. The Hall–Kier alpha value is -1.58. The summed E-state index contributed by atoms with van der Waals surface area (Å²) >= 11 is 0. The zero-order chi connectivity index (χ0) is 13.2. The second-order valence-electron chi connectivity index (χ2n) is 6.13. The topological polar surface area (TPSA) is 39.3 Å². The van der Waals surface area contributed by atoms with Crippen molar-refractivity contribution in [2.24, 2.45) is 0 Å². The van der Waals surface area contributed by atoms with Gasteiger partial charge in [0.2, 0.25) is 0 Å². The van der Waals surface area contributed by atoms with Gasteiger partial charge in [0.25, 0.3) is 0 Å². The molecule has 1 aromatic carbocycles. The molecule has 2 heterocycles. The van der Waals surface area contributed by atoms with Gasteiger partial charge in [-0.2, -0.15) is 0 Å². The van der Waals surface area contributed by atoms with Crippen LogP contribution < -0.4 is 0 Å². The van der Waals surface area contributed by atoms with Crippen LogP contribution in [0.2, 0.25) is 0 Å². The molecule has 2 N–H and O–H groups in total. The molecule has 0 saturated carbocycles. The van der Waals surface area contributed by atoms with E-state index in [-0.39, 0.29) is 0 Å². The SMILES string of the molecule is CN1C[C@](C)(O)C=C2c3cccc4[nH]cc(c34)C[C@H]21. The second kappa shape index (κ2) is 3.50. The van der Waals surface area contributed by atoms with Crippen molar-refractivity contribution in [3.8, 4) is 0 Å². The van der Waals surface area contributed by atoms with Gasteiger partial charge in [0.1, 0.15) is 0 Å². The van der Waals surface area contributed by atoms with E-state index < -0.39 is 5.60 Å². The van der Waals surface area contributed by atoms with E-state index in [4.69, 9.17) is 0 Å². The van der Waals surface area contributed by atoms with Crippen LogP contribution in [-0.2, 0) is 6.42 Å². The van der Waals surface area contributed by atoms with Crippen LogP contribution in [0.4, 0.5) is 0 Å². The van der Waals surface area contributed by atoms with E-state index in [1.54, 1.807) is 0 Å². The number of H-pyrrole nitrogens is 1. The molecule has 0 radical (unpaired) electrons. The summed E-state index contributed by atoms with van der Waals surface area (Å²) in [5.41, 5.74) is 4.39. The minimum absolute atomic E-state index is 0.383. The average molecular weight is 254 g/mol. The lowest BCUT2D eigenvalue weighted by Gasteiger charge is -2.42. The highest BCUT2D eigenvalue weighted by molar-refractivity contribution is 5.98. The predicted molar refractivity (Wildman–Crippen MR) is 77.0 cm³/mol. The third-order valence-electron chi connectivity index (χ3n) is 4.44. The Bertz CT molecular complexity index is 696. The van der Waals surface area contributed by atoms with Crippen molar-refractivity contribution in [2.75, 3.05) is 13.6 Å². The molecule has 3 nitrogen and oxygen atoms in total. The molecule has 0 saturated heterocycles. The smallest absolute Gasteiger partial charge is 0.0932 e. The number of fused-ring (bicyclic) bond motifs is 2. The molecule has 0 amide bonds. The Kier molecular flexibility index (Phi) is 2.07. The van der Waals surface area contributed by atoms with Crippen molar-refractivity contribution < 1.29 is 5.11 Å². The summed E-state index contributed by atoms with van der Waals surface area (Å²) in [6.07, 6.45) is 5.21. The molecule has 1 aliphatic heterocycles. The van der Waals surface area contributed by atoms with Gasteiger partial charge in [0.05, 0.1) is 5.60 Å². The van der Waals surface area contributed by atoms with Crippen LogP contribution >= 0.6 is 0 Å². The molecule has 1 aromatic heterocycles. The molecule has 0 bridgehead atoms. The highest BCUT2D eigenvalue weighted by atomic mass is 16.3. The summed E-state index contributed by atoms with van der Waals surface area (Å²) in [5.74, 6) is 0. The largest absolute Gasteiger partial charge is 0.385 e. The molecule has 2 atom stereocenters. The Morgan fingerprint density at radius 3 is 3.11 bits per heavy atom. The maximum absolute atomic E-state index is 10.4. The van der Waals surface area contributed by atoms with Crippen molar-refractivity contribution >= 4 is 16.5 Å². The van der Waals surface area contributed by atoms with Crippen LogP contribution in [0.5, 0.6) is 0 Å². The first-order valence-corrected chi connectivity index (χ1v) is 6.80. The molecular formula is C16H18N2O. The van der Waals surface area contributed by atoms with Gasteiger partial charge in [0.15, 0.2) is 0 Å². The molecular weight excluding hydrogens is 236 g/mol. The van der Waals surface area contributed by atoms with Crippen LogP contribution in [0.1, 0.15) is 18.1 Å². The fourth-order valence-corrected chi connectivity index (χ4v) is 3.72. The first kappa shape index (κ1) is 11.3. The first-order chi connectivity index (χ1) is 9.05. The number of likely N-dealkylation sites (N-methyl/N-ethyl adjacent to an activating group) is 1. The number of benzene rings is 1. The van der Waals surface area contributed by atoms with Gasteiger partial charge in [0, 0.05) is 29.7 Å². The quantitative estimate of drug-likeness (QED) is 0.756. The van der Waals surface area contributed by atoms with Crippen LogP contribution in [0, 0.1) is 0 Å². The monoisotopic (exact) mass is 254 g/mol. The van der Waals surface area contributed by atoms with Gasteiger partial charge in [-0.15, -0.1) is 0 Å². The molecule has 1 aliphatic carbocycles. The Balaban J connectivity index is 2.02. The molecule has 98 valence electrons. The summed E-state index contributed by atoms with van der Waals surface area (Å²) in [7, 11) is 2.10. The number of nitrogens with zero attached hydrogens (tertiary/aromatic N) is 1. The Morgan fingerprint density at radius 2 is 2.26 bits per heavy atom. The summed E-state index contributed by atoms with van der Waals surface area (Å²) < 4.78 is 0. The first-order valence-electron chi connectivity index (χ1n) is 6.80. The van der Waals surface area contributed by atoms with Gasteiger partial charge in [-0.05, 0) is 49.2 Å². The van der Waals surface area contributed by atoms with E-state index in [1.165, 1.54) is 27.6 Å². The van der Waals surface area contributed by atoms with E-state index in [9.17, 15) is 5.11 Å². The maximum atomic E-state index is 10.4. The van der Waals surface area contributed by atoms with Crippen LogP contribution in [0.15, 0.2) is 30.5 Å². The number of aromatic nitrogens is 1. The summed E-state index contributed by atoms with van der Waals surface area (Å²) in [6.45, 7) is 2.58. The summed E-state index contributed by atoms with van der Waals surface area (Å²) in [6, 6.07) is 6.76. The summed E-state index contributed by atoms with van der Waals surface area (Å²) in [4.78, 5) is 5.62. The number of rotatable bonds is 0. The highest BCUT2D eigenvalue weighted by Crippen LogP contribution is 2.41. The van der Waals surface area contributed by atoms with Crippen LogP contribution in [-0.4, -0.2) is 40.2 Å². The van der Waals surface area contributed by atoms with Gasteiger partial charge in [-0.25, -0.2) is 0 Å². The van der Waals surface area contributed by atoms with Crippen molar-refractivity contribution in [1.29, 1.82) is 0 Å². The number of nitrogens with one attached hydrogen (secondary N) is 1. The van der Waals surface area contributed by atoms with Gasteiger partial charge >= 0.3 is 0 Å². The van der Waals surface area contributed by atoms with E-state index in [2.05, 4.69) is 47.4 Å². The van der Waals surface area contributed by atoms with Crippen molar-refractivity contribution in [3.63, 3.8) is 0 Å². The number of β-amino-alcohol motifs (C(OH)–C–C–N with tert-alkyl or cyclic N) is 1. The highest BCUT2D eigenvalue weighted by Gasteiger charge is 2.37. The van der Waals surface area contributed by atoms with E-state index >= 15 is 0 Å². The fourth-order valence-electron chi connectivity index (χ4n) is 3.72. The van der Waals surface area contributed by atoms with Crippen molar-refractivity contribution in [2.45, 2.75) is 25.0 Å². The Labute approximate surface area is 112 Å². The lowest BCUT2D eigenvalue weighted by atomic mass is 9.79. The van der Waals surface area contributed by atoms with Gasteiger partial charge in [-0.1, -0.05) is 12.1 Å². The maximum Gasteiger partial charge on any atom is 0.0932 e. The Morgan fingerprint density at radius 1 is 1.42 bits per heavy atom. The standard InChI is InChI=1S/C16H18N2O/c1-16(19)7-12-11-4-3-5-13-15(11)10(8-17-13)6-14(12)18(2)9-16/h3-5,7-8,14,17,19H,6,9H2,1-2H3/t14-,16-/m1/s1. The number of hydrogen-bond donors (Lipinski definition) is 2. The van der Waals surface area contributed by atoms with Gasteiger partial charge in [-0.3, -0.25) is 4.90 Å². The lowest BCUT2D eigenvalue weighted by molar-refractivity contribution is 0.0543. The van der Waals surface area contributed by atoms with Crippen LogP contribution in [0.25, 0.3) is 16.5 Å². The molecule has 2 aromatic rings. The zero-order valence-electron chi connectivity index (χ0n) is 11.3. The molecule has 2 aliphatic rings. The normalized spacial score (nSPS) is 30.3. The minimum atomic E-state index is -0.740. The van der Waals surface area contributed by atoms with E-state index in [1.807, 2.05) is 6.92 Å². The molecule has 4 rings (SSSR count). The minimum Gasteiger partial charge on any atom is -0.385 e. The molecule has 0 unspecified atom stereocenters. The lowest BCUT2D eigenvalue weighted by Crippen LogP contribution is -2.49. The number of aromatic amines is 1. The molecule has 3 heteroatoms. The zero-order valence-corrected chi connectivity index (χ0v) is 11.3. The fraction of sp³-hybridized carbons (Fsp3) is 0.375. The number of aliphatic hydroxyl groups is 1. The van der Waals surface area contributed by atoms with Crippen molar-refractivity contribution in [3.05, 3.63) is 41.6 Å².